The van der Waals surface area contributed by atoms with Gasteiger partial charge < -0.3 is 0 Å². The van der Waals surface area contributed by atoms with Gasteiger partial charge in [0.2, 0.25) is 0 Å². The molecule has 70 valence electrons. The van der Waals surface area contributed by atoms with E-state index in [9.17, 15) is 0 Å². The van der Waals surface area contributed by atoms with Gasteiger partial charge in [-0.1, -0.05) is 42.8 Å². The summed E-state index contributed by atoms with van der Waals surface area (Å²) in [4.78, 5) is 0. The monoisotopic (exact) mass is 174 g/mol. The molecule has 0 saturated heterocycles. The number of hydrogen-bond donors (Lipinski definition) is 0. The van der Waals surface area contributed by atoms with Gasteiger partial charge in [-0.2, -0.15) is 0 Å². The zero-order chi connectivity index (χ0) is 9.68. The molecule has 0 bridgehead atoms. The molecule has 0 aliphatic heterocycles. The first kappa shape index (κ1) is 10.0. The first-order chi connectivity index (χ1) is 6.22. The molecule has 0 saturated carbocycles. The van der Waals surface area contributed by atoms with Crippen molar-refractivity contribution in [3.63, 3.8) is 0 Å². The third kappa shape index (κ3) is 3.45. The van der Waals surface area contributed by atoms with Crippen molar-refractivity contribution in [1.82, 2.24) is 0 Å². The quantitative estimate of drug-likeness (QED) is 0.610. The second kappa shape index (κ2) is 4.86. The second-order valence-electron chi connectivity index (χ2n) is 3.82. The first-order valence-corrected chi connectivity index (χ1v) is 4.89. The maximum absolute atomic E-state index is 3.76. The van der Waals surface area contributed by atoms with Crippen molar-refractivity contribution in [3.8, 4) is 0 Å². The molecule has 0 heteroatoms. The number of allylic oxidation sites excluding steroid dienone is 1. The molecule has 0 amide bonds. The highest BCUT2D eigenvalue weighted by Crippen LogP contribution is 2.12. The standard InChI is InChI=1S/C13H18/c1-4-5-12(3)10-13-8-6-11(2)7-9-13/h4,6-9,12H,1,5,10H2,2-3H3. The molecule has 0 aromatic heterocycles. The average molecular weight is 174 g/mol. The Morgan fingerprint density at radius 2 is 1.92 bits per heavy atom. The van der Waals surface area contributed by atoms with Crippen LogP contribution < -0.4 is 0 Å². The Balaban J connectivity index is 2.53. The summed E-state index contributed by atoms with van der Waals surface area (Å²) >= 11 is 0. The van der Waals surface area contributed by atoms with E-state index in [1.807, 2.05) is 6.08 Å². The van der Waals surface area contributed by atoms with E-state index in [2.05, 4.69) is 44.7 Å². The van der Waals surface area contributed by atoms with Crippen LogP contribution in [0, 0.1) is 12.8 Å². The molecule has 0 aliphatic rings. The molecule has 0 aliphatic carbocycles. The molecule has 0 nitrogen and oxygen atoms in total. The highest BCUT2D eigenvalue weighted by Gasteiger charge is 2.00. The first-order valence-electron chi connectivity index (χ1n) is 4.89. The highest BCUT2D eigenvalue weighted by molar-refractivity contribution is 5.21. The summed E-state index contributed by atoms with van der Waals surface area (Å²) in [6.07, 6.45) is 4.26. The minimum Gasteiger partial charge on any atom is -0.103 e. The molecule has 0 radical (unpaired) electrons. The Kier molecular flexibility index (Phi) is 3.75. The summed E-state index contributed by atoms with van der Waals surface area (Å²) in [6, 6.07) is 8.79. The molecule has 0 heterocycles. The lowest BCUT2D eigenvalue weighted by molar-refractivity contribution is 0.590. The average Bonchev–Trinajstić information content (AvgIpc) is 2.09. The summed E-state index contributed by atoms with van der Waals surface area (Å²) in [7, 11) is 0. The molecule has 1 aromatic rings. The van der Waals surface area contributed by atoms with E-state index >= 15 is 0 Å². The molecule has 0 spiro atoms. The van der Waals surface area contributed by atoms with E-state index in [1.54, 1.807) is 0 Å². The van der Waals surface area contributed by atoms with E-state index in [4.69, 9.17) is 0 Å². The van der Waals surface area contributed by atoms with Gasteiger partial charge in [-0.05, 0) is 31.2 Å². The fourth-order valence-corrected chi connectivity index (χ4v) is 1.49. The zero-order valence-corrected chi connectivity index (χ0v) is 8.59. The van der Waals surface area contributed by atoms with Gasteiger partial charge in [-0.25, -0.2) is 0 Å². The van der Waals surface area contributed by atoms with E-state index in [-0.39, 0.29) is 0 Å². The van der Waals surface area contributed by atoms with Crippen molar-refractivity contribution in [3.05, 3.63) is 48.0 Å². The molecule has 13 heavy (non-hydrogen) atoms. The fraction of sp³-hybridized carbons (Fsp3) is 0.385. The predicted octanol–water partition coefficient (Wildman–Crippen LogP) is 3.75. The highest BCUT2D eigenvalue weighted by atomic mass is 14.1. The normalized spacial score (nSPS) is 12.5. The van der Waals surface area contributed by atoms with Crippen LogP contribution in [0.25, 0.3) is 0 Å². The van der Waals surface area contributed by atoms with Crippen LogP contribution >= 0.6 is 0 Å². The van der Waals surface area contributed by atoms with Crippen molar-refractivity contribution >= 4 is 0 Å². The van der Waals surface area contributed by atoms with E-state index in [0.29, 0.717) is 5.92 Å². The molecular weight excluding hydrogens is 156 g/mol. The maximum Gasteiger partial charge on any atom is -0.0250 e. The molecule has 0 fully saturated rings. The van der Waals surface area contributed by atoms with Crippen molar-refractivity contribution in [2.24, 2.45) is 5.92 Å². The van der Waals surface area contributed by atoms with Crippen molar-refractivity contribution in [2.75, 3.05) is 0 Å². The molecule has 1 aromatic carbocycles. The van der Waals surface area contributed by atoms with Crippen LogP contribution in [0.1, 0.15) is 24.5 Å². The smallest absolute Gasteiger partial charge is 0.0250 e. The van der Waals surface area contributed by atoms with E-state index in [1.165, 1.54) is 11.1 Å². The molecule has 1 rings (SSSR count). The van der Waals surface area contributed by atoms with E-state index < -0.39 is 0 Å². The fourth-order valence-electron chi connectivity index (χ4n) is 1.49. The molecule has 0 N–H and O–H groups in total. The van der Waals surface area contributed by atoms with Crippen LogP contribution in [0.4, 0.5) is 0 Å². The second-order valence-corrected chi connectivity index (χ2v) is 3.82. The maximum atomic E-state index is 3.76. The summed E-state index contributed by atoms with van der Waals surface area (Å²) in [5.74, 6) is 0.709. The largest absolute Gasteiger partial charge is 0.103 e. The third-order valence-corrected chi connectivity index (χ3v) is 2.27. The topological polar surface area (TPSA) is 0 Å². The van der Waals surface area contributed by atoms with Gasteiger partial charge in [0.1, 0.15) is 0 Å². The van der Waals surface area contributed by atoms with Crippen molar-refractivity contribution < 1.29 is 0 Å². The van der Waals surface area contributed by atoms with Crippen molar-refractivity contribution in [1.29, 1.82) is 0 Å². The van der Waals surface area contributed by atoms with Crippen LogP contribution in [-0.4, -0.2) is 0 Å². The summed E-state index contributed by atoms with van der Waals surface area (Å²) < 4.78 is 0. The van der Waals surface area contributed by atoms with Crippen LogP contribution in [0.2, 0.25) is 0 Å². The lowest BCUT2D eigenvalue weighted by Crippen LogP contribution is -1.97. The van der Waals surface area contributed by atoms with Gasteiger partial charge in [0.25, 0.3) is 0 Å². The Morgan fingerprint density at radius 3 is 2.46 bits per heavy atom. The number of rotatable bonds is 4. The van der Waals surface area contributed by atoms with Gasteiger partial charge >= 0.3 is 0 Å². The Bertz CT molecular complexity index is 256. The summed E-state index contributed by atoms with van der Waals surface area (Å²) in [6.45, 7) is 8.14. The predicted molar refractivity (Wildman–Crippen MR) is 58.9 cm³/mol. The van der Waals surface area contributed by atoms with Gasteiger partial charge in [0, 0.05) is 0 Å². The minimum atomic E-state index is 0.709. The van der Waals surface area contributed by atoms with Gasteiger partial charge in [0.05, 0.1) is 0 Å². The van der Waals surface area contributed by atoms with Crippen LogP contribution in [0.3, 0.4) is 0 Å². The Morgan fingerprint density at radius 1 is 1.31 bits per heavy atom. The van der Waals surface area contributed by atoms with Crippen LogP contribution in [0.15, 0.2) is 36.9 Å². The van der Waals surface area contributed by atoms with Crippen LogP contribution in [-0.2, 0) is 6.42 Å². The van der Waals surface area contributed by atoms with E-state index in [0.717, 1.165) is 12.8 Å². The lowest BCUT2D eigenvalue weighted by atomic mass is 9.98. The lowest BCUT2D eigenvalue weighted by Gasteiger charge is -2.08. The molecule has 1 unspecified atom stereocenters. The molecular formula is C13H18. The number of hydrogen-bond acceptors (Lipinski definition) is 0. The molecule has 1 atom stereocenters. The van der Waals surface area contributed by atoms with Gasteiger partial charge in [-0.15, -0.1) is 6.58 Å². The zero-order valence-electron chi connectivity index (χ0n) is 8.59. The van der Waals surface area contributed by atoms with Crippen molar-refractivity contribution in [2.45, 2.75) is 26.7 Å². The minimum absolute atomic E-state index is 0.709. The third-order valence-electron chi connectivity index (χ3n) is 2.27. The Labute approximate surface area is 81.3 Å². The number of benzene rings is 1. The SMILES string of the molecule is C=CCC(C)Cc1ccc(C)cc1. The van der Waals surface area contributed by atoms with Crippen LogP contribution in [0.5, 0.6) is 0 Å². The Hall–Kier alpha value is -1.04. The van der Waals surface area contributed by atoms with Gasteiger partial charge in [0.15, 0.2) is 0 Å². The summed E-state index contributed by atoms with van der Waals surface area (Å²) in [5, 5.41) is 0. The van der Waals surface area contributed by atoms with Gasteiger partial charge in [-0.3, -0.25) is 0 Å². The number of aryl methyl sites for hydroxylation is 1. The summed E-state index contributed by atoms with van der Waals surface area (Å²) in [5.41, 5.74) is 2.76.